The van der Waals surface area contributed by atoms with E-state index >= 15 is 0 Å². The number of primary amides is 1. The number of pyridine rings is 1. The van der Waals surface area contributed by atoms with E-state index in [0.717, 1.165) is 6.07 Å². The SMILES string of the molecule is Cc1nc([C@H]2COc3c(F)cc(F)cc32)ccc1C(N)=O. The molecule has 1 aromatic heterocycles. The zero-order valence-corrected chi connectivity index (χ0v) is 11.2. The monoisotopic (exact) mass is 290 g/mol. The number of ether oxygens (including phenoxy) is 1. The van der Waals surface area contributed by atoms with Gasteiger partial charge < -0.3 is 10.5 Å². The predicted octanol–water partition coefficient (Wildman–Crippen LogP) is 2.29. The van der Waals surface area contributed by atoms with E-state index in [9.17, 15) is 13.6 Å². The summed E-state index contributed by atoms with van der Waals surface area (Å²) in [5, 5.41) is 0. The van der Waals surface area contributed by atoms with Crippen molar-refractivity contribution in [2.24, 2.45) is 5.73 Å². The van der Waals surface area contributed by atoms with Crippen LogP contribution in [0.2, 0.25) is 0 Å². The lowest BCUT2D eigenvalue weighted by molar-refractivity contribution is 0.0999. The van der Waals surface area contributed by atoms with Gasteiger partial charge in [-0.05, 0) is 25.1 Å². The standard InChI is InChI=1S/C15H12F2N2O2/c1-7-9(15(18)20)2-3-13(19-7)11-6-21-14-10(11)4-8(16)5-12(14)17/h2-5,11H,6H2,1H3,(H2,18,20)/t11-/m0/s1. The first-order chi connectivity index (χ1) is 9.97. The van der Waals surface area contributed by atoms with Gasteiger partial charge >= 0.3 is 0 Å². The minimum absolute atomic E-state index is 0.0554. The van der Waals surface area contributed by atoms with Gasteiger partial charge in [0.2, 0.25) is 0 Å². The molecular formula is C15H12F2N2O2. The third-order valence-electron chi connectivity index (χ3n) is 3.54. The van der Waals surface area contributed by atoms with E-state index in [4.69, 9.17) is 10.5 Å². The van der Waals surface area contributed by atoms with Gasteiger partial charge in [-0.25, -0.2) is 8.78 Å². The molecule has 2 N–H and O–H groups in total. The minimum atomic E-state index is -0.724. The number of carbonyl (C=O) groups is 1. The smallest absolute Gasteiger partial charge is 0.250 e. The van der Waals surface area contributed by atoms with Crippen molar-refractivity contribution in [2.75, 3.05) is 6.61 Å². The molecule has 0 bridgehead atoms. The second-order valence-corrected chi connectivity index (χ2v) is 4.90. The van der Waals surface area contributed by atoms with Crippen LogP contribution >= 0.6 is 0 Å². The lowest BCUT2D eigenvalue weighted by Gasteiger charge is -2.11. The number of fused-ring (bicyclic) bond motifs is 1. The van der Waals surface area contributed by atoms with Crippen molar-refractivity contribution in [2.45, 2.75) is 12.8 Å². The Hall–Kier alpha value is -2.50. The first-order valence-electron chi connectivity index (χ1n) is 6.36. The molecule has 0 radical (unpaired) electrons. The van der Waals surface area contributed by atoms with Crippen LogP contribution in [0.25, 0.3) is 0 Å². The van der Waals surface area contributed by atoms with Crippen molar-refractivity contribution in [3.8, 4) is 5.75 Å². The molecule has 0 spiro atoms. The predicted molar refractivity (Wildman–Crippen MR) is 71.2 cm³/mol. The molecule has 0 saturated carbocycles. The Bertz CT molecular complexity index is 747. The molecule has 6 heteroatoms. The number of amides is 1. The zero-order valence-electron chi connectivity index (χ0n) is 11.2. The van der Waals surface area contributed by atoms with Crippen LogP contribution in [0.3, 0.4) is 0 Å². The summed E-state index contributed by atoms with van der Waals surface area (Å²) in [5.74, 6) is -2.26. The van der Waals surface area contributed by atoms with E-state index in [2.05, 4.69) is 4.98 Å². The van der Waals surface area contributed by atoms with Crippen LogP contribution in [0.4, 0.5) is 8.78 Å². The van der Waals surface area contributed by atoms with E-state index in [1.54, 1.807) is 19.1 Å². The highest BCUT2D eigenvalue weighted by Crippen LogP contribution is 2.39. The number of hydrogen-bond donors (Lipinski definition) is 1. The Morgan fingerprint density at radius 1 is 1.38 bits per heavy atom. The van der Waals surface area contributed by atoms with Gasteiger partial charge in [-0.3, -0.25) is 9.78 Å². The topological polar surface area (TPSA) is 65.2 Å². The summed E-state index contributed by atoms with van der Waals surface area (Å²) in [7, 11) is 0. The number of aromatic nitrogens is 1. The molecule has 1 amide bonds. The molecule has 2 heterocycles. The molecule has 3 rings (SSSR count). The molecule has 0 fully saturated rings. The minimum Gasteiger partial charge on any atom is -0.489 e. The number of halogens is 2. The molecule has 0 unspecified atom stereocenters. The fourth-order valence-corrected chi connectivity index (χ4v) is 2.53. The normalized spacial score (nSPS) is 16.4. The molecule has 1 atom stereocenters. The molecular weight excluding hydrogens is 278 g/mol. The average molecular weight is 290 g/mol. The van der Waals surface area contributed by atoms with Gasteiger partial charge in [-0.2, -0.15) is 0 Å². The van der Waals surface area contributed by atoms with Crippen LogP contribution in [-0.4, -0.2) is 17.5 Å². The quantitative estimate of drug-likeness (QED) is 0.923. The van der Waals surface area contributed by atoms with E-state index in [0.29, 0.717) is 22.5 Å². The third-order valence-corrected chi connectivity index (χ3v) is 3.54. The lowest BCUT2D eigenvalue weighted by Crippen LogP contribution is -2.15. The first kappa shape index (κ1) is 13.5. The van der Waals surface area contributed by atoms with Crippen molar-refractivity contribution in [3.63, 3.8) is 0 Å². The van der Waals surface area contributed by atoms with Gasteiger partial charge in [0.1, 0.15) is 12.4 Å². The molecule has 0 saturated heterocycles. The summed E-state index contributed by atoms with van der Waals surface area (Å²) in [6.45, 7) is 1.84. The highest BCUT2D eigenvalue weighted by atomic mass is 19.1. The summed E-state index contributed by atoms with van der Waals surface area (Å²) >= 11 is 0. The first-order valence-corrected chi connectivity index (χ1v) is 6.36. The molecule has 1 aromatic carbocycles. The molecule has 4 nitrogen and oxygen atoms in total. The van der Waals surface area contributed by atoms with Crippen molar-refractivity contribution in [3.05, 3.63) is 58.4 Å². The second-order valence-electron chi connectivity index (χ2n) is 4.90. The van der Waals surface area contributed by atoms with Gasteiger partial charge in [0.05, 0.1) is 22.9 Å². The number of rotatable bonds is 2. The van der Waals surface area contributed by atoms with Gasteiger partial charge in [0.25, 0.3) is 5.91 Å². The number of benzene rings is 1. The third kappa shape index (κ3) is 2.22. The van der Waals surface area contributed by atoms with Gasteiger partial charge in [0, 0.05) is 11.6 Å². The maximum atomic E-state index is 13.6. The average Bonchev–Trinajstić information content (AvgIpc) is 2.82. The largest absolute Gasteiger partial charge is 0.489 e. The van der Waals surface area contributed by atoms with Crippen LogP contribution < -0.4 is 10.5 Å². The summed E-state index contributed by atoms with van der Waals surface area (Å²) in [4.78, 5) is 15.5. The molecule has 108 valence electrons. The van der Waals surface area contributed by atoms with Crippen LogP contribution in [-0.2, 0) is 0 Å². The summed E-state index contributed by atoms with van der Waals surface area (Å²) < 4.78 is 32.3. The van der Waals surface area contributed by atoms with Crippen LogP contribution in [0.1, 0.15) is 33.2 Å². The highest BCUT2D eigenvalue weighted by molar-refractivity contribution is 5.93. The number of aryl methyl sites for hydroxylation is 1. The van der Waals surface area contributed by atoms with E-state index < -0.39 is 17.5 Å². The van der Waals surface area contributed by atoms with Crippen LogP contribution in [0, 0.1) is 18.6 Å². The zero-order chi connectivity index (χ0) is 15.1. The number of nitrogens with zero attached hydrogens (tertiary/aromatic N) is 1. The van der Waals surface area contributed by atoms with Crippen molar-refractivity contribution in [1.82, 2.24) is 4.98 Å². The Balaban J connectivity index is 2.05. The molecule has 21 heavy (non-hydrogen) atoms. The van der Waals surface area contributed by atoms with Crippen molar-refractivity contribution >= 4 is 5.91 Å². The number of nitrogens with two attached hydrogens (primary N) is 1. The van der Waals surface area contributed by atoms with E-state index in [-0.39, 0.29) is 18.3 Å². The Morgan fingerprint density at radius 2 is 2.14 bits per heavy atom. The summed E-state index contributed by atoms with van der Waals surface area (Å²) in [6, 6.07) is 5.22. The van der Waals surface area contributed by atoms with Crippen molar-refractivity contribution in [1.29, 1.82) is 0 Å². The maximum absolute atomic E-state index is 13.6. The number of carbonyl (C=O) groups excluding carboxylic acids is 1. The Morgan fingerprint density at radius 3 is 2.81 bits per heavy atom. The molecule has 1 aliphatic rings. The fourth-order valence-electron chi connectivity index (χ4n) is 2.53. The summed E-state index contributed by atoms with van der Waals surface area (Å²) in [5.41, 5.74) is 7.04. The van der Waals surface area contributed by atoms with Crippen molar-refractivity contribution < 1.29 is 18.3 Å². The maximum Gasteiger partial charge on any atom is 0.250 e. The van der Waals surface area contributed by atoms with E-state index in [1.165, 1.54) is 6.07 Å². The highest BCUT2D eigenvalue weighted by Gasteiger charge is 2.30. The van der Waals surface area contributed by atoms with Gasteiger partial charge in [0.15, 0.2) is 11.6 Å². The fraction of sp³-hybridized carbons (Fsp3) is 0.200. The molecule has 2 aromatic rings. The van der Waals surface area contributed by atoms with Gasteiger partial charge in [-0.1, -0.05) is 0 Å². The van der Waals surface area contributed by atoms with Crippen LogP contribution in [0.5, 0.6) is 5.75 Å². The molecule has 1 aliphatic heterocycles. The Labute approximate surface area is 119 Å². The van der Waals surface area contributed by atoms with E-state index in [1.807, 2.05) is 0 Å². The van der Waals surface area contributed by atoms with Gasteiger partial charge in [-0.15, -0.1) is 0 Å². The lowest BCUT2D eigenvalue weighted by atomic mass is 9.96. The molecule has 0 aliphatic carbocycles. The second kappa shape index (κ2) is 4.80. The summed E-state index contributed by atoms with van der Waals surface area (Å²) in [6.07, 6.45) is 0. The van der Waals surface area contributed by atoms with Crippen LogP contribution in [0.15, 0.2) is 24.3 Å². The Kier molecular flexibility index (Phi) is 3.08. The number of hydrogen-bond acceptors (Lipinski definition) is 3.